The SMILES string of the molecule is [CH]N(C)C(=O)c1cccc([N+](=O)[O-])c1O. The first kappa shape index (κ1) is 11.0. The zero-order chi connectivity index (χ0) is 11.6. The monoisotopic (exact) mass is 208 g/mol. The molecule has 1 N–H and O–H groups in total. The molecule has 1 aromatic rings. The van der Waals surface area contributed by atoms with Gasteiger partial charge in [0.05, 0.1) is 17.5 Å². The van der Waals surface area contributed by atoms with Gasteiger partial charge in [0.25, 0.3) is 5.91 Å². The van der Waals surface area contributed by atoms with E-state index in [-0.39, 0.29) is 5.56 Å². The van der Waals surface area contributed by atoms with Gasteiger partial charge < -0.3 is 10.0 Å². The van der Waals surface area contributed by atoms with Crippen LogP contribution >= 0.6 is 0 Å². The Hall–Kier alpha value is -2.11. The van der Waals surface area contributed by atoms with Crippen LogP contribution in [0.5, 0.6) is 5.75 Å². The predicted molar refractivity (Wildman–Crippen MR) is 51.2 cm³/mol. The molecule has 0 bridgehead atoms. The van der Waals surface area contributed by atoms with E-state index in [0.29, 0.717) is 0 Å². The maximum atomic E-state index is 11.4. The lowest BCUT2D eigenvalue weighted by atomic mass is 10.1. The lowest BCUT2D eigenvalue weighted by Crippen LogP contribution is -2.19. The number of carbonyl (C=O) groups is 1. The number of nitro benzene ring substituents is 1. The fraction of sp³-hybridized carbons (Fsp3) is 0.111. The predicted octanol–water partition coefficient (Wildman–Crippen LogP) is 1.04. The lowest BCUT2D eigenvalue weighted by molar-refractivity contribution is -0.385. The highest BCUT2D eigenvalue weighted by Gasteiger charge is 2.21. The van der Waals surface area contributed by atoms with Crippen molar-refractivity contribution in [3.63, 3.8) is 0 Å². The lowest BCUT2D eigenvalue weighted by Gasteiger charge is -2.10. The van der Waals surface area contributed by atoms with Crippen molar-refractivity contribution in [3.8, 4) is 5.75 Å². The summed E-state index contributed by atoms with van der Waals surface area (Å²) in [6.45, 7) is 0. The van der Waals surface area contributed by atoms with Crippen molar-refractivity contribution in [2.24, 2.45) is 0 Å². The topological polar surface area (TPSA) is 83.7 Å². The van der Waals surface area contributed by atoms with Crippen molar-refractivity contribution in [3.05, 3.63) is 40.9 Å². The molecule has 15 heavy (non-hydrogen) atoms. The standard InChI is InChI=1S/C9H8N2O4/c1-10(2)9(13)6-4-3-5-7(8(6)12)11(14)15/h1,3-5,12H,2H3. The van der Waals surface area contributed by atoms with Gasteiger partial charge in [0.2, 0.25) is 5.75 Å². The van der Waals surface area contributed by atoms with Gasteiger partial charge in [-0.05, 0) is 6.07 Å². The summed E-state index contributed by atoms with van der Waals surface area (Å²) in [4.78, 5) is 21.8. The Labute approximate surface area is 85.9 Å². The van der Waals surface area contributed by atoms with Gasteiger partial charge >= 0.3 is 5.69 Å². The van der Waals surface area contributed by atoms with Gasteiger partial charge in [-0.3, -0.25) is 14.9 Å². The molecule has 78 valence electrons. The second kappa shape index (κ2) is 3.95. The molecule has 1 rings (SSSR count). The third-order valence-electron chi connectivity index (χ3n) is 1.76. The second-order valence-corrected chi connectivity index (χ2v) is 2.85. The molecule has 1 aromatic carbocycles. The normalized spacial score (nSPS) is 9.73. The van der Waals surface area contributed by atoms with Crippen LogP contribution in [0.25, 0.3) is 0 Å². The molecule has 0 heterocycles. The largest absolute Gasteiger partial charge is 0.502 e. The summed E-state index contributed by atoms with van der Waals surface area (Å²) in [5.41, 5.74) is -0.725. The molecule has 0 aliphatic carbocycles. The molecular weight excluding hydrogens is 200 g/mol. The summed E-state index contributed by atoms with van der Waals surface area (Å²) in [6, 6.07) is 3.66. The number of hydrogen-bond acceptors (Lipinski definition) is 4. The summed E-state index contributed by atoms with van der Waals surface area (Å²) >= 11 is 0. The summed E-state index contributed by atoms with van der Waals surface area (Å²) < 4.78 is 0. The maximum Gasteiger partial charge on any atom is 0.311 e. The zero-order valence-electron chi connectivity index (χ0n) is 7.88. The van der Waals surface area contributed by atoms with Gasteiger partial charge in [-0.25, -0.2) is 0 Å². The quantitative estimate of drug-likeness (QED) is 0.447. The van der Waals surface area contributed by atoms with E-state index < -0.39 is 22.3 Å². The Kier molecular flexibility index (Phi) is 2.89. The van der Waals surface area contributed by atoms with E-state index in [9.17, 15) is 20.0 Å². The van der Waals surface area contributed by atoms with E-state index in [4.69, 9.17) is 7.05 Å². The Morgan fingerprint density at radius 1 is 1.60 bits per heavy atom. The number of rotatable bonds is 2. The number of benzene rings is 1. The van der Waals surface area contributed by atoms with Crippen LogP contribution in [0.4, 0.5) is 5.69 Å². The minimum absolute atomic E-state index is 0.200. The third-order valence-corrected chi connectivity index (χ3v) is 1.76. The van der Waals surface area contributed by atoms with Crippen molar-refractivity contribution >= 4 is 11.6 Å². The highest BCUT2D eigenvalue weighted by Crippen LogP contribution is 2.29. The Bertz CT molecular complexity index is 415. The molecule has 0 saturated carbocycles. The number of nitrogens with zero attached hydrogens (tertiary/aromatic N) is 2. The highest BCUT2D eigenvalue weighted by molar-refractivity contribution is 5.98. The number of phenols is 1. The number of para-hydroxylation sites is 1. The number of nitro groups is 1. The van der Waals surface area contributed by atoms with Gasteiger partial charge in [-0.15, -0.1) is 0 Å². The van der Waals surface area contributed by atoms with Crippen LogP contribution in [-0.2, 0) is 0 Å². The number of carbonyl (C=O) groups excluding carboxylic acids is 1. The highest BCUT2D eigenvalue weighted by atomic mass is 16.6. The number of hydrogen-bond donors (Lipinski definition) is 1. The van der Waals surface area contributed by atoms with E-state index in [1.165, 1.54) is 19.2 Å². The first-order chi connectivity index (χ1) is 6.95. The van der Waals surface area contributed by atoms with Crippen molar-refractivity contribution in [2.45, 2.75) is 0 Å². The van der Waals surface area contributed by atoms with Crippen LogP contribution in [0.2, 0.25) is 0 Å². The molecule has 0 spiro atoms. The second-order valence-electron chi connectivity index (χ2n) is 2.85. The molecule has 0 aromatic heterocycles. The molecule has 6 nitrogen and oxygen atoms in total. The van der Waals surface area contributed by atoms with Crippen LogP contribution in [0.3, 0.4) is 0 Å². The van der Waals surface area contributed by atoms with E-state index in [1.807, 2.05) is 0 Å². The summed E-state index contributed by atoms with van der Waals surface area (Å²) in [5, 5.41) is 19.9. The van der Waals surface area contributed by atoms with Crippen LogP contribution in [0.15, 0.2) is 18.2 Å². The minimum atomic E-state index is -0.775. The van der Waals surface area contributed by atoms with E-state index in [2.05, 4.69) is 0 Å². The van der Waals surface area contributed by atoms with Crippen molar-refractivity contribution in [2.75, 3.05) is 7.05 Å². The van der Waals surface area contributed by atoms with E-state index in [1.54, 1.807) is 0 Å². The van der Waals surface area contributed by atoms with E-state index in [0.717, 1.165) is 11.0 Å². The molecule has 0 fully saturated rings. The van der Waals surface area contributed by atoms with Crippen molar-refractivity contribution in [1.82, 2.24) is 4.90 Å². The summed E-state index contributed by atoms with van der Waals surface area (Å²) in [6.07, 6.45) is 0. The Morgan fingerprint density at radius 3 is 2.67 bits per heavy atom. The first-order valence-corrected chi connectivity index (χ1v) is 3.94. The van der Waals surface area contributed by atoms with Crippen LogP contribution in [0.1, 0.15) is 10.4 Å². The molecular formula is C9H8N2O4. The molecule has 0 saturated heterocycles. The molecule has 6 heteroatoms. The molecule has 2 radical (unpaired) electrons. The van der Waals surface area contributed by atoms with Crippen LogP contribution in [0, 0.1) is 17.2 Å². The van der Waals surface area contributed by atoms with Gasteiger partial charge in [-0.1, -0.05) is 6.07 Å². The minimum Gasteiger partial charge on any atom is -0.502 e. The number of phenolic OH excluding ortho intramolecular Hbond substituents is 1. The van der Waals surface area contributed by atoms with Crippen molar-refractivity contribution < 1.29 is 14.8 Å². The summed E-state index contributed by atoms with van der Waals surface area (Å²) in [5.74, 6) is -1.37. The van der Waals surface area contributed by atoms with Gasteiger partial charge in [-0.2, -0.15) is 0 Å². The van der Waals surface area contributed by atoms with Gasteiger partial charge in [0, 0.05) is 13.1 Å². The van der Waals surface area contributed by atoms with Gasteiger partial charge in [0.15, 0.2) is 0 Å². The summed E-state index contributed by atoms with van der Waals surface area (Å²) in [7, 11) is 6.44. The maximum absolute atomic E-state index is 11.4. The molecule has 0 aliphatic heterocycles. The van der Waals surface area contributed by atoms with E-state index >= 15 is 0 Å². The third kappa shape index (κ3) is 2.04. The van der Waals surface area contributed by atoms with Crippen LogP contribution in [-0.4, -0.2) is 27.9 Å². The molecule has 0 atom stereocenters. The smallest absolute Gasteiger partial charge is 0.311 e. The fourth-order valence-electron chi connectivity index (χ4n) is 1.04. The average molecular weight is 208 g/mol. The van der Waals surface area contributed by atoms with Crippen molar-refractivity contribution in [1.29, 1.82) is 0 Å². The average Bonchev–Trinajstić information content (AvgIpc) is 2.16. The fourth-order valence-corrected chi connectivity index (χ4v) is 1.04. The number of amides is 1. The van der Waals surface area contributed by atoms with Crippen LogP contribution < -0.4 is 0 Å². The Balaban J connectivity index is 3.27. The zero-order valence-corrected chi connectivity index (χ0v) is 7.88. The molecule has 0 aliphatic rings. The molecule has 0 unspecified atom stereocenters. The molecule has 1 amide bonds. The van der Waals surface area contributed by atoms with Gasteiger partial charge in [0.1, 0.15) is 0 Å². The first-order valence-electron chi connectivity index (χ1n) is 3.94. The Morgan fingerprint density at radius 2 is 2.20 bits per heavy atom. The number of aromatic hydroxyl groups is 1.